The summed E-state index contributed by atoms with van der Waals surface area (Å²) in [6, 6.07) is 4.31. The van der Waals surface area contributed by atoms with E-state index in [-0.39, 0.29) is 6.54 Å². The lowest BCUT2D eigenvalue weighted by Gasteiger charge is -2.12. The molecule has 7 nitrogen and oxygen atoms in total. The number of aromatic amines is 1. The molecule has 22 heavy (non-hydrogen) atoms. The molecule has 2 rings (SSSR count). The number of benzene rings is 1. The maximum atomic E-state index is 12.0. The number of methoxy groups -OCH3 is 1. The highest BCUT2D eigenvalue weighted by Crippen LogP contribution is 2.36. The van der Waals surface area contributed by atoms with Gasteiger partial charge in [0.15, 0.2) is 5.75 Å². The third kappa shape index (κ3) is 3.77. The van der Waals surface area contributed by atoms with Crippen molar-refractivity contribution in [2.75, 3.05) is 12.4 Å². The quantitative estimate of drug-likeness (QED) is 0.832. The number of carbonyl (C=O) groups is 1. The molecule has 0 bridgehead atoms. The summed E-state index contributed by atoms with van der Waals surface area (Å²) in [5, 5.41) is 3.01. The van der Waals surface area contributed by atoms with Crippen LogP contribution in [0.15, 0.2) is 38.5 Å². The Morgan fingerprint density at radius 1 is 1.45 bits per heavy atom. The minimum absolute atomic E-state index is 0.261. The van der Waals surface area contributed by atoms with E-state index in [1.807, 2.05) is 0 Å². The standard InChI is InChI=1S/C13H11BrClN3O4/c1-22-12-8(14)4-7(15)5-9(12)16-11(20)6-18-3-2-10(19)17-13(18)21/h2-5H,6H2,1H3,(H,16,20)(H,17,19,21). The van der Waals surface area contributed by atoms with E-state index in [1.165, 1.54) is 19.4 Å². The Bertz CT molecular complexity index is 831. The first kappa shape index (κ1) is 16.3. The minimum atomic E-state index is -0.665. The van der Waals surface area contributed by atoms with Crippen molar-refractivity contribution in [1.82, 2.24) is 9.55 Å². The zero-order valence-corrected chi connectivity index (χ0v) is 13.7. The summed E-state index contributed by atoms with van der Waals surface area (Å²) in [7, 11) is 1.45. The van der Waals surface area contributed by atoms with Crippen LogP contribution in [0.2, 0.25) is 5.02 Å². The van der Waals surface area contributed by atoms with Gasteiger partial charge >= 0.3 is 5.69 Å². The summed E-state index contributed by atoms with van der Waals surface area (Å²) in [4.78, 5) is 36.6. The van der Waals surface area contributed by atoms with Crippen LogP contribution in [0.25, 0.3) is 0 Å². The van der Waals surface area contributed by atoms with Crippen LogP contribution in [0, 0.1) is 0 Å². The Morgan fingerprint density at radius 3 is 2.82 bits per heavy atom. The maximum absolute atomic E-state index is 12.0. The molecule has 1 heterocycles. The molecule has 0 aliphatic rings. The molecular formula is C13H11BrClN3O4. The molecule has 0 aliphatic carbocycles. The number of anilines is 1. The summed E-state index contributed by atoms with van der Waals surface area (Å²) in [5.74, 6) is -0.0619. The van der Waals surface area contributed by atoms with Crippen LogP contribution in [-0.4, -0.2) is 22.6 Å². The molecule has 2 N–H and O–H groups in total. The van der Waals surface area contributed by atoms with E-state index in [2.05, 4.69) is 26.2 Å². The van der Waals surface area contributed by atoms with Gasteiger partial charge in [-0.1, -0.05) is 11.6 Å². The third-order valence-corrected chi connectivity index (χ3v) is 3.50. The van der Waals surface area contributed by atoms with Crippen LogP contribution in [0.3, 0.4) is 0 Å². The molecule has 1 aromatic heterocycles. The van der Waals surface area contributed by atoms with E-state index in [4.69, 9.17) is 16.3 Å². The number of H-pyrrole nitrogens is 1. The van der Waals surface area contributed by atoms with Gasteiger partial charge in [0.05, 0.1) is 17.3 Å². The second-order valence-corrected chi connectivity index (χ2v) is 5.55. The fourth-order valence-corrected chi connectivity index (χ4v) is 2.75. The molecule has 116 valence electrons. The largest absolute Gasteiger partial charge is 0.493 e. The fraction of sp³-hybridized carbons (Fsp3) is 0.154. The van der Waals surface area contributed by atoms with Crippen molar-refractivity contribution >= 4 is 39.1 Å². The highest BCUT2D eigenvalue weighted by atomic mass is 79.9. The van der Waals surface area contributed by atoms with Gasteiger partial charge < -0.3 is 10.1 Å². The van der Waals surface area contributed by atoms with Crippen molar-refractivity contribution in [2.24, 2.45) is 0 Å². The summed E-state index contributed by atoms with van der Waals surface area (Å²) in [6.07, 6.45) is 1.24. The van der Waals surface area contributed by atoms with E-state index < -0.39 is 17.2 Å². The molecule has 1 aromatic carbocycles. The van der Waals surface area contributed by atoms with E-state index >= 15 is 0 Å². The van der Waals surface area contributed by atoms with E-state index in [0.717, 1.165) is 10.6 Å². The van der Waals surface area contributed by atoms with Crippen LogP contribution >= 0.6 is 27.5 Å². The van der Waals surface area contributed by atoms with Gasteiger partial charge in [-0.05, 0) is 28.1 Å². The smallest absolute Gasteiger partial charge is 0.328 e. The Kier molecular flexibility index (Phi) is 5.04. The van der Waals surface area contributed by atoms with Crippen molar-refractivity contribution in [2.45, 2.75) is 6.54 Å². The molecule has 0 saturated heterocycles. The molecular weight excluding hydrogens is 378 g/mol. The highest BCUT2D eigenvalue weighted by Gasteiger charge is 2.13. The number of nitrogens with zero attached hydrogens (tertiary/aromatic N) is 1. The molecule has 0 atom stereocenters. The Balaban J connectivity index is 2.22. The number of rotatable bonds is 4. The van der Waals surface area contributed by atoms with Crippen molar-refractivity contribution in [3.63, 3.8) is 0 Å². The lowest BCUT2D eigenvalue weighted by molar-refractivity contribution is -0.116. The maximum Gasteiger partial charge on any atom is 0.328 e. The average molecular weight is 389 g/mol. The summed E-state index contributed by atoms with van der Waals surface area (Å²) < 4.78 is 6.84. The molecule has 2 aromatic rings. The van der Waals surface area contributed by atoms with Gasteiger partial charge in [0.2, 0.25) is 5.91 Å². The number of hydrogen-bond acceptors (Lipinski definition) is 4. The summed E-state index contributed by atoms with van der Waals surface area (Å²) in [5.41, 5.74) is -0.826. The second kappa shape index (κ2) is 6.80. The van der Waals surface area contributed by atoms with Gasteiger partial charge in [-0.25, -0.2) is 4.79 Å². The number of ether oxygens (including phenoxy) is 1. The van der Waals surface area contributed by atoms with E-state index in [1.54, 1.807) is 6.07 Å². The first-order valence-electron chi connectivity index (χ1n) is 6.03. The van der Waals surface area contributed by atoms with E-state index in [0.29, 0.717) is 20.9 Å². The van der Waals surface area contributed by atoms with Gasteiger partial charge in [0.25, 0.3) is 5.56 Å². The SMILES string of the molecule is COc1c(Br)cc(Cl)cc1NC(=O)Cn1ccc(=O)[nH]c1=O. The zero-order valence-electron chi connectivity index (χ0n) is 11.4. The van der Waals surface area contributed by atoms with Crippen LogP contribution in [0.5, 0.6) is 5.75 Å². The van der Waals surface area contributed by atoms with Crippen molar-refractivity contribution in [3.8, 4) is 5.75 Å². The number of halogens is 2. The Labute approximate surface area is 138 Å². The highest BCUT2D eigenvalue weighted by molar-refractivity contribution is 9.10. The first-order chi connectivity index (χ1) is 10.4. The number of amides is 1. The van der Waals surface area contributed by atoms with Crippen molar-refractivity contribution in [1.29, 1.82) is 0 Å². The molecule has 0 spiro atoms. The molecule has 1 amide bonds. The van der Waals surface area contributed by atoms with Crippen LogP contribution in [0.1, 0.15) is 0 Å². The molecule has 0 radical (unpaired) electrons. The number of aromatic nitrogens is 2. The number of hydrogen-bond donors (Lipinski definition) is 2. The number of nitrogens with one attached hydrogen (secondary N) is 2. The lowest BCUT2D eigenvalue weighted by atomic mass is 10.3. The third-order valence-electron chi connectivity index (χ3n) is 2.70. The predicted octanol–water partition coefficient (Wildman–Crippen LogP) is 1.60. The van der Waals surface area contributed by atoms with Gasteiger partial charge in [0, 0.05) is 17.3 Å². The van der Waals surface area contributed by atoms with Crippen molar-refractivity contribution < 1.29 is 9.53 Å². The Hall–Kier alpha value is -2.06. The minimum Gasteiger partial charge on any atom is -0.493 e. The van der Waals surface area contributed by atoms with Crippen LogP contribution in [0.4, 0.5) is 5.69 Å². The normalized spacial score (nSPS) is 10.3. The van der Waals surface area contributed by atoms with Gasteiger partial charge in [0.1, 0.15) is 6.54 Å². The molecule has 0 saturated carbocycles. The first-order valence-corrected chi connectivity index (χ1v) is 7.20. The van der Waals surface area contributed by atoms with E-state index in [9.17, 15) is 14.4 Å². The average Bonchev–Trinajstić information content (AvgIpc) is 2.41. The predicted molar refractivity (Wildman–Crippen MR) is 85.7 cm³/mol. The topological polar surface area (TPSA) is 93.2 Å². The van der Waals surface area contributed by atoms with Crippen molar-refractivity contribution in [3.05, 3.63) is 54.7 Å². The van der Waals surface area contributed by atoms with Crippen LogP contribution in [-0.2, 0) is 11.3 Å². The summed E-state index contributed by atoms with van der Waals surface area (Å²) in [6.45, 7) is -0.261. The second-order valence-electron chi connectivity index (χ2n) is 4.25. The van der Waals surface area contributed by atoms with Gasteiger partial charge in [-0.15, -0.1) is 0 Å². The van der Waals surface area contributed by atoms with Gasteiger partial charge in [-0.2, -0.15) is 0 Å². The lowest BCUT2D eigenvalue weighted by Crippen LogP contribution is -2.32. The fourth-order valence-electron chi connectivity index (χ4n) is 1.77. The zero-order chi connectivity index (χ0) is 16.3. The molecule has 0 aliphatic heterocycles. The molecule has 0 unspecified atom stereocenters. The summed E-state index contributed by atoms with van der Waals surface area (Å²) >= 11 is 9.21. The molecule has 0 fully saturated rings. The Morgan fingerprint density at radius 2 is 2.18 bits per heavy atom. The monoisotopic (exact) mass is 387 g/mol. The molecule has 9 heteroatoms. The van der Waals surface area contributed by atoms with Gasteiger partial charge in [-0.3, -0.25) is 19.1 Å². The van der Waals surface area contributed by atoms with Crippen LogP contribution < -0.4 is 21.3 Å². The number of carbonyl (C=O) groups excluding carboxylic acids is 1.